The van der Waals surface area contributed by atoms with E-state index in [2.05, 4.69) is 0 Å². The van der Waals surface area contributed by atoms with Gasteiger partial charge in [0.1, 0.15) is 0 Å². The van der Waals surface area contributed by atoms with Gasteiger partial charge in [0.2, 0.25) is 5.78 Å². The fraction of sp³-hybridized carbons (Fsp3) is 0.429. The number of alkyl halides is 2. The molecule has 3 rings (SSSR count). The van der Waals surface area contributed by atoms with Gasteiger partial charge in [-0.15, -0.1) is 0 Å². The average Bonchev–Trinajstić information content (AvgIpc) is 2.55. The van der Waals surface area contributed by atoms with Gasteiger partial charge >= 0.3 is 12.0 Å². The maximum absolute atomic E-state index is 13.6. The lowest BCUT2D eigenvalue weighted by Gasteiger charge is -2.15. The highest BCUT2D eigenvalue weighted by molar-refractivity contribution is 6.07. The molecular weight excluding hydrogens is 268 g/mol. The van der Waals surface area contributed by atoms with Crippen LogP contribution in [0.3, 0.4) is 0 Å². The molecule has 20 heavy (non-hydrogen) atoms. The van der Waals surface area contributed by atoms with Gasteiger partial charge in [-0.25, -0.2) is 4.79 Å². The van der Waals surface area contributed by atoms with Crippen molar-refractivity contribution in [1.82, 2.24) is 4.90 Å². The van der Waals surface area contributed by atoms with Gasteiger partial charge in [0, 0.05) is 25.1 Å². The largest absolute Gasteiger partial charge is 0.465 e. The molecule has 4 nitrogen and oxygen atoms in total. The fourth-order valence-corrected chi connectivity index (χ4v) is 3.00. The number of halogens is 2. The molecule has 1 N–H and O–H groups in total. The standard InChI is InChI=1S/C14H13F2NO3/c15-14(16)7-9-2-1-8-3-5-17(13(19)20)6-4-10(8)11(9)12(14)18/h1-2H,3-7H2,(H,19,20). The third-order valence-electron chi connectivity index (χ3n) is 4.02. The van der Waals surface area contributed by atoms with Gasteiger partial charge < -0.3 is 10.0 Å². The van der Waals surface area contributed by atoms with Crippen molar-refractivity contribution in [2.45, 2.75) is 25.2 Å². The number of carbonyl (C=O) groups is 2. The molecule has 0 bridgehead atoms. The molecule has 1 aromatic carbocycles. The Balaban J connectivity index is 2.03. The molecule has 0 radical (unpaired) electrons. The van der Waals surface area contributed by atoms with Crippen LogP contribution in [0.1, 0.15) is 27.0 Å². The molecule has 1 aromatic rings. The Kier molecular flexibility index (Phi) is 2.77. The van der Waals surface area contributed by atoms with Crippen molar-refractivity contribution >= 4 is 11.9 Å². The summed E-state index contributed by atoms with van der Waals surface area (Å²) in [6, 6.07) is 3.32. The summed E-state index contributed by atoms with van der Waals surface area (Å²) in [7, 11) is 0. The summed E-state index contributed by atoms with van der Waals surface area (Å²) in [6.45, 7) is 0.559. The molecule has 1 heterocycles. The second-order valence-electron chi connectivity index (χ2n) is 5.22. The summed E-state index contributed by atoms with van der Waals surface area (Å²) < 4.78 is 27.1. The number of Topliss-reactive ketones (excluding diaryl/α,β-unsaturated/α-hetero) is 1. The second kappa shape index (κ2) is 4.26. The van der Waals surface area contributed by atoms with E-state index in [-0.39, 0.29) is 12.1 Å². The predicted octanol–water partition coefficient (Wildman–Crippen LogP) is 2.14. The van der Waals surface area contributed by atoms with Gasteiger partial charge in [-0.2, -0.15) is 8.78 Å². The molecular formula is C14H13F2NO3. The summed E-state index contributed by atoms with van der Waals surface area (Å²) in [5.74, 6) is -4.44. The van der Waals surface area contributed by atoms with E-state index in [1.54, 1.807) is 12.1 Å². The normalized spacial score (nSPS) is 20.3. The van der Waals surface area contributed by atoms with Crippen LogP contribution in [-0.4, -0.2) is 40.9 Å². The maximum Gasteiger partial charge on any atom is 0.407 e. The van der Waals surface area contributed by atoms with Crippen molar-refractivity contribution in [2.75, 3.05) is 13.1 Å². The van der Waals surface area contributed by atoms with E-state index in [4.69, 9.17) is 5.11 Å². The predicted molar refractivity (Wildman–Crippen MR) is 66.4 cm³/mol. The number of hydrogen-bond acceptors (Lipinski definition) is 2. The van der Waals surface area contributed by atoms with Crippen LogP contribution in [-0.2, 0) is 19.3 Å². The molecule has 1 amide bonds. The number of benzene rings is 1. The van der Waals surface area contributed by atoms with Crippen molar-refractivity contribution in [3.8, 4) is 0 Å². The third kappa shape index (κ3) is 1.87. The highest BCUT2D eigenvalue weighted by atomic mass is 19.3. The maximum atomic E-state index is 13.6. The number of carbonyl (C=O) groups excluding carboxylic acids is 1. The Morgan fingerprint density at radius 1 is 1.20 bits per heavy atom. The topological polar surface area (TPSA) is 57.6 Å². The van der Waals surface area contributed by atoms with Gasteiger partial charge in [-0.1, -0.05) is 12.1 Å². The van der Waals surface area contributed by atoms with Crippen LogP contribution in [0, 0.1) is 0 Å². The minimum absolute atomic E-state index is 0.125. The molecule has 0 fully saturated rings. The molecule has 0 atom stereocenters. The summed E-state index contributed by atoms with van der Waals surface area (Å²) in [6.07, 6.45) is -0.802. The molecule has 0 saturated heterocycles. The van der Waals surface area contributed by atoms with Crippen molar-refractivity contribution in [3.05, 3.63) is 34.4 Å². The van der Waals surface area contributed by atoms with Crippen LogP contribution < -0.4 is 0 Å². The third-order valence-corrected chi connectivity index (χ3v) is 4.02. The van der Waals surface area contributed by atoms with E-state index in [1.807, 2.05) is 0 Å². The average molecular weight is 281 g/mol. The highest BCUT2D eigenvalue weighted by Crippen LogP contribution is 2.38. The zero-order valence-electron chi connectivity index (χ0n) is 10.7. The first-order valence-electron chi connectivity index (χ1n) is 6.44. The Hall–Kier alpha value is -1.98. The van der Waals surface area contributed by atoms with E-state index in [1.165, 1.54) is 4.90 Å². The Morgan fingerprint density at radius 2 is 1.85 bits per heavy atom. The van der Waals surface area contributed by atoms with Crippen molar-refractivity contribution in [3.63, 3.8) is 0 Å². The summed E-state index contributed by atoms with van der Waals surface area (Å²) in [4.78, 5) is 24.1. The van der Waals surface area contributed by atoms with Crippen molar-refractivity contribution in [2.24, 2.45) is 0 Å². The van der Waals surface area contributed by atoms with Crippen molar-refractivity contribution in [1.29, 1.82) is 0 Å². The van der Waals surface area contributed by atoms with Gasteiger partial charge in [0.25, 0.3) is 0 Å². The van der Waals surface area contributed by atoms with Crippen molar-refractivity contribution < 1.29 is 23.5 Å². The lowest BCUT2D eigenvalue weighted by atomic mass is 9.94. The van der Waals surface area contributed by atoms with Gasteiger partial charge in [-0.3, -0.25) is 4.79 Å². The van der Waals surface area contributed by atoms with Crippen LogP contribution >= 0.6 is 0 Å². The number of ketones is 1. The highest BCUT2D eigenvalue weighted by Gasteiger charge is 2.48. The molecule has 6 heteroatoms. The number of hydrogen-bond donors (Lipinski definition) is 1. The number of amides is 1. The van der Waals surface area contributed by atoms with Crippen LogP contribution in [0.4, 0.5) is 13.6 Å². The molecule has 0 aromatic heterocycles. The van der Waals surface area contributed by atoms with E-state index in [9.17, 15) is 18.4 Å². The lowest BCUT2D eigenvalue weighted by Crippen LogP contribution is -2.31. The molecule has 0 spiro atoms. The SMILES string of the molecule is O=C(O)N1CCc2ccc3c(c2CC1)C(=O)C(F)(F)C3. The van der Waals surface area contributed by atoms with Gasteiger partial charge in [-0.05, 0) is 29.5 Å². The van der Waals surface area contributed by atoms with Gasteiger partial charge in [0.05, 0.1) is 0 Å². The molecule has 1 aliphatic heterocycles. The Bertz CT molecular complexity index is 613. The van der Waals surface area contributed by atoms with Gasteiger partial charge in [0.15, 0.2) is 0 Å². The number of rotatable bonds is 0. The first-order chi connectivity index (χ1) is 9.40. The van der Waals surface area contributed by atoms with E-state index < -0.39 is 24.2 Å². The Labute approximate surface area is 114 Å². The molecule has 106 valence electrons. The number of fused-ring (bicyclic) bond motifs is 3. The van der Waals surface area contributed by atoms with Crippen LogP contribution in [0.15, 0.2) is 12.1 Å². The smallest absolute Gasteiger partial charge is 0.407 e. The van der Waals surface area contributed by atoms with Crippen LogP contribution in [0.5, 0.6) is 0 Å². The first kappa shape index (κ1) is 13.0. The van der Waals surface area contributed by atoms with E-state index in [0.717, 1.165) is 5.56 Å². The molecule has 0 saturated carbocycles. The minimum atomic E-state index is -3.32. The zero-order chi connectivity index (χ0) is 14.5. The van der Waals surface area contributed by atoms with E-state index in [0.29, 0.717) is 30.5 Å². The Morgan fingerprint density at radius 3 is 2.55 bits per heavy atom. The number of nitrogens with zero attached hydrogens (tertiary/aromatic N) is 1. The summed E-state index contributed by atoms with van der Waals surface area (Å²) >= 11 is 0. The molecule has 1 aliphatic carbocycles. The fourth-order valence-electron chi connectivity index (χ4n) is 3.00. The quantitative estimate of drug-likeness (QED) is 0.792. The van der Waals surface area contributed by atoms with Crippen LogP contribution in [0.2, 0.25) is 0 Å². The molecule has 2 aliphatic rings. The summed E-state index contributed by atoms with van der Waals surface area (Å²) in [5.41, 5.74) is 1.91. The lowest BCUT2D eigenvalue weighted by molar-refractivity contribution is 0.0167. The summed E-state index contributed by atoms with van der Waals surface area (Å²) in [5, 5.41) is 9.01. The van der Waals surface area contributed by atoms with E-state index >= 15 is 0 Å². The number of carboxylic acid groups (broad SMARTS) is 1. The zero-order valence-corrected chi connectivity index (χ0v) is 10.7. The van der Waals surface area contributed by atoms with Crippen LogP contribution in [0.25, 0.3) is 0 Å². The minimum Gasteiger partial charge on any atom is -0.465 e. The molecule has 0 unspecified atom stereocenters. The monoisotopic (exact) mass is 281 g/mol. The second-order valence-corrected chi connectivity index (χ2v) is 5.22. The first-order valence-corrected chi connectivity index (χ1v) is 6.44.